The Morgan fingerprint density at radius 3 is 2.68 bits per heavy atom. The van der Waals surface area contributed by atoms with Gasteiger partial charge in [0.25, 0.3) is 5.91 Å². The predicted molar refractivity (Wildman–Crippen MR) is 95.9 cm³/mol. The molecule has 130 valence electrons. The summed E-state index contributed by atoms with van der Waals surface area (Å²) >= 11 is 0. The smallest absolute Gasteiger partial charge is 0.257 e. The highest BCUT2D eigenvalue weighted by atomic mass is 16.3. The van der Waals surface area contributed by atoms with Crippen molar-refractivity contribution >= 4 is 22.8 Å². The SMILES string of the molecule is CC(C)c1cc(C(=O)Nc2ncccc2O)c2cnn(C(C)C)c2n1. The van der Waals surface area contributed by atoms with Crippen molar-refractivity contribution in [3.63, 3.8) is 0 Å². The molecule has 7 heteroatoms. The summed E-state index contributed by atoms with van der Waals surface area (Å²) < 4.78 is 1.80. The van der Waals surface area contributed by atoms with Crippen LogP contribution < -0.4 is 5.32 Å². The van der Waals surface area contributed by atoms with Crippen LogP contribution in [0.2, 0.25) is 0 Å². The lowest BCUT2D eigenvalue weighted by atomic mass is 10.0. The molecule has 0 aliphatic carbocycles. The van der Waals surface area contributed by atoms with Crippen molar-refractivity contribution in [1.29, 1.82) is 0 Å². The van der Waals surface area contributed by atoms with E-state index in [1.54, 1.807) is 23.0 Å². The van der Waals surface area contributed by atoms with E-state index in [0.29, 0.717) is 16.6 Å². The number of aromatic hydroxyl groups is 1. The molecule has 0 saturated heterocycles. The zero-order valence-electron chi connectivity index (χ0n) is 14.7. The van der Waals surface area contributed by atoms with Crippen LogP contribution in [0.5, 0.6) is 5.75 Å². The lowest BCUT2D eigenvalue weighted by molar-refractivity contribution is 0.102. The maximum atomic E-state index is 12.8. The van der Waals surface area contributed by atoms with Gasteiger partial charge in [-0.05, 0) is 38.0 Å². The first-order valence-electron chi connectivity index (χ1n) is 8.22. The standard InChI is InChI=1S/C18H21N5O2/c1-10(2)14-8-12(13-9-20-23(11(3)4)17(13)21-14)18(25)22-16-15(24)6-5-7-19-16/h5-11,24H,1-4H3,(H,19,22,25). The molecule has 3 rings (SSSR count). The van der Waals surface area contributed by atoms with Crippen LogP contribution in [-0.2, 0) is 0 Å². The van der Waals surface area contributed by atoms with Gasteiger partial charge in [-0.1, -0.05) is 13.8 Å². The summed E-state index contributed by atoms with van der Waals surface area (Å²) in [6.45, 7) is 8.08. The minimum atomic E-state index is -0.355. The molecule has 3 aromatic heterocycles. The summed E-state index contributed by atoms with van der Waals surface area (Å²) in [6.07, 6.45) is 3.16. The number of hydrogen-bond donors (Lipinski definition) is 2. The molecule has 3 heterocycles. The number of anilines is 1. The van der Waals surface area contributed by atoms with Crippen molar-refractivity contribution in [2.45, 2.75) is 39.7 Å². The first-order valence-corrected chi connectivity index (χ1v) is 8.22. The van der Waals surface area contributed by atoms with Crippen LogP contribution in [0.25, 0.3) is 11.0 Å². The van der Waals surface area contributed by atoms with Crippen molar-refractivity contribution in [3.05, 3.63) is 41.9 Å². The molecule has 25 heavy (non-hydrogen) atoms. The zero-order valence-corrected chi connectivity index (χ0v) is 14.7. The molecule has 0 aliphatic heterocycles. The number of carbonyl (C=O) groups is 1. The first-order chi connectivity index (χ1) is 11.9. The van der Waals surface area contributed by atoms with Gasteiger partial charge in [-0.25, -0.2) is 14.6 Å². The summed E-state index contributed by atoms with van der Waals surface area (Å²) in [5.74, 6) is -0.149. The summed E-state index contributed by atoms with van der Waals surface area (Å²) in [4.78, 5) is 21.5. The number of pyridine rings is 2. The van der Waals surface area contributed by atoms with Gasteiger partial charge in [-0.3, -0.25) is 4.79 Å². The molecule has 0 fully saturated rings. The van der Waals surface area contributed by atoms with Gasteiger partial charge in [0, 0.05) is 17.9 Å². The van der Waals surface area contributed by atoms with Gasteiger partial charge in [-0.2, -0.15) is 5.10 Å². The number of nitrogens with zero attached hydrogens (tertiary/aromatic N) is 4. The molecule has 0 aromatic carbocycles. The summed E-state index contributed by atoms with van der Waals surface area (Å²) in [6, 6.07) is 4.97. The predicted octanol–water partition coefficient (Wildman–Crippen LogP) is 3.49. The van der Waals surface area contributed by atoms with Crippen molar-refractivity contribution < 1.29 is 9.90 Å². The molecular formula is C18H21N5O2. The van der Waals surface area contributed by atoms with Crippen LogP contribution in [0.4, 0.5) is 5.82 Å². The average Bonchev–Trinajstić information content (AvgIpc) is 3.00. The van der Waals surface area contributed by atoms with Crippen LogP contribution >= 0.6 is 0 Å². The second kappa shape index (κ2) is 6.51. The van der Waals surface area contributed by atoms with Gasteiger partial charge < -0.3 is 10.4 Å². The van der Waals surface area contributed by atoms with E-state index in [2.05, 4.69) is 20.4 Å². The van der Waals surface area contributed by atoms with Gasteiger partial charge in [0.2, 0.25) is 0 Å². The monoisotopic (exact) mass is 339 g/mol. The van der Waals surface area contributed by atoms with Gasteiger partial charge in [0.1, 0.15) is 0 Å². The van der Waals surface area contributed by atoms with E-state index in [-0.39, 0.29) is 29.4 Å². The first kappa shape index (κ1) is 16.9. The highest BCUT2D eigenvalue weighted by Crippen LogP contribution is 2.26. The van der Waals surface area contributed by atoms with Crippen molar-refractivity contribution in [2.24, 2.45) is 0 Å². The van der Waals surface area contributed by atoms with E-state index in [1.807, 2.05) is 27.7 Å². The third kappa shape index (κ3) is 3.17. The summed E-state index contributed by atoms with van der Waals surface area (Å²) in [5, 5.41) is 17.5. The Bertz CT molecular complexity index is 930. The minimum absolute atomic E-state index is 0.0805. The lowest BCUT2D eigenvalue weighted by Crippen LogP contribution is -2.15. The third-order valence-electron chi connectivity index (χ3n) is 3.93. The molecule has 7 nitrogen and oxygen atoms in total. The summed E-state index contributed by atoms with van der Waals surface area (Å²) in [5.41, 5.74) is 1.95. The molecule has 0 unspecified atom stereocenters. The number of rotatable bonds is 4. The quantitative estimate of drug-likeness (QED) is 0.759. The largest absolute Gasteiger partial charge is 0.504 e. The Balaban J connectivity index is 2.11. The number of aromatic nitrogens is 4. The Kier molecular flexibility index (Phi) is 4.39. The Labute approximate surface area is 145 Å². The fourth-order valence-electron chi connectivity index (χ4n) is 2.57. The maximum Gasteiger partial charge on any atom is 0.257 e. The molecule has 1 amide bonds. The molecule has 0 atom stereocenters. The Hall–Kier alpha value is -2.96. The molecular weight excluding hydrogens is 318 g/mol. The van der Waals surface area contributed by atoms with Gasteiger partial charge in [0.05, 0.1) is 17.1 Å². The molecule has 0 aliphatic rings. The van der Waals surface area contributed by atoms with Crippen molar-refractivity contribution in [2.75, 3.05) is 5.32 Å². The average molecular weight is 339 g/mol. The molecule has 0 bridgehead atoms. The van der Waals surface area contributed by atoms with Crippen molar-refractivity contribution in [1.82, 2.24) is 19.7 Å². The molecule has 3 aromatic rings. The summed E-state index contributed by atoms with van der Waals surface area (Å²) in [7, 11) is 0. The lowest BCUT2D eigenvalue weighted by Gasteiger charge is -2.12. The van der Waals surface area contributed by atoms with E-state index >= 15 is 0 Å². The van der Waals surface area contributed by atoms with E-state index in [9.17, 15) is 9.90 Å². The number of amides is 1. The van der Waals surface area contributed by atoms with Crippen molar-refractivity contribution in [3.8, 4) is 5.75 Å². The number of carbonyl (C=O) groups excluding carboxylic acids is 1. The van der Waals surface area contributed by atoms with E-state index in [4.69, 9.17) is 0 Å². The number of nitrogens with one attached hydrogen (secondary N) is 1. The maximum absolute atomic E-state index is 12.8. The zero-order chi connectivity index (χ0) is 18.1. The van der Waals surface area contributed by atoms with Crippen LogP contribution in [-0.4, -0.2) is 30.8 Å². The Morgan fingerprint density at radius 1 is 1.28 bits per heavy atom. The van der Waals surface area contributed by atoms with Crippen LogP contribution in [0.1, 0.15) is 55.7 Å². The normalized spacial score (nSPS) is 11.4. The molecule has 2 N–H and O–H groups in total. The van der Waals surface area contributed by atoms with E-state index in [1.165, 1.54) is 12.3 Å². The minimum Gasteiger partial charge on any atom is -0.504 e. The van der Waals surface area contributed by atoms with Gasteiger partial charge in [0.15, 0.2) is 17.2 Å². The Morgan fingerprint density at radius 2 is 2.04 bits per heavy atom. The molecule has 0 saturated carbocycles. The number of fused-ring (bicyclic) bond motifs is 1. The molecule has 0 spiro atoms. The van der Waals surface area contributed by atoms with Gasteiger partial charge in [-0.15, -0.1) is 0 Å². The number of hydrogen-bond acceptors (Lipinski definition) is 5. The van der Waals surface area contributed by atoms with Crippen LogP contribution in [0.3, 0.4) is 0 Å². The van der Waals surface area contributed by atoms with Crippen LogP contribution in [0, 0.1) is 0 Å². The second-order valence-corrected chi connectivity index (χ2v) is 6.49. The highest BCUT2D eigenvalue weighted by Gasteiger charge is 2.20. The fraction of sp³-hybridized carbons (Fsp3) is 0.333. The topological polar surface area (TPSA) is 92.9 Å². The fourth-order valence-corrected chi connectivity index (χ4v) is 2.57. The van der Waals surface area contributed by atoms with Gasteiger partial charge >= 0.3 is 0 Å². The van der Waals surface area contributed by atoms with E-state index in [0.717, 1.165) is 5.69 Å². The molecule has 0 radical (unpaired) electrons. The van der Waals surface area contributed by atoms with Crippen LogP contribution in [0.15, 0.2) is 30.6 Å². The van der Waals surface area contributed by atoms with E-state index < -0.39 is 0 Å². The third-order valence-corrected chi connectivity index (χ3v) is 3.93. The highest BCUT2D eigenvalue weighted by molar-refractivity contribution is 6.12. The second-order valence-electron chi connectivity index (χ2n) is 6.49.